The van der Waals surface area contributed by atoms with Gasteiger partial charge in [0.15, 0.2) is 0 Å². The summed E-state index contributed by atoms with van der Waals surface area (Å²) in [5.41, 5.74) is 1.28. The number of nitrogens with one attached hydrogen (secondary N) is 1. The van der Waals surface area contributed by atoms with Gasteiger partial charge in [0.25, 0.3) is 5.91 Å². The van der Waals surface area contributed by atoms with Crippen LogP contribution in [0.5, 0.6) is 0 Å². The zero-order valence-corrected chi connectivity index (χ0v) is 16.1. The van der Waals surface area contributed by atoms with E-state index in [-0.39, 0.29) is 5.91 Å². The minimum atomic E-state index is -0.667. The van der Waals surface area contributed by atoms with Gasteiger partial charge in [-0.15, -0.1) is 0 Å². The minimum Gasteiger partial charge on any atom is -0.462 e. The van der Waals surface area contributed by atoms with Crippen LogP contribution in [0.4, 0.5) is 5.82 Å². The van der Waals surface area contributed by atoms with Gasteiger partial charge >= 0.3 is 5.97 Å². The number of aryl methyl sites for hydroxylation is 2. The van der Waals surface area contributed by atoms with Gasteiger partial charge in [-0.05, 0) is 39.3 Å². The van der Waals surface area contributed by atoms with Crippen LogP contribution in [0, 0.1) is 13.8 Å². The van der Waals surface area contributed by atoms with Crippen LogP contribution in [-0.2, 0) is 4.74 Å². The summed E-state index contributed by atoms with van der Waals surface area (Å²) < 4.78 is 10.00. The maximum absolute atomic E-state index is 12.6. The number of ether oxygens (including phenoxy) is 1. The van der Waals surface area contributed by atoms with Gasteiger partial charge in [-0.3, -0.25) is 4.79 Å². The number of anilines is 1. The number of esters is 1. The van der Waals surface area contributed by atoms with Gasteiger partial charge in [-0.1, -0.05) is 5.16 Å². The largest absolute Gasteiger partial charge is 0.462 e. The molecule has 1 aliphatic heterocycles. The number of carbonyl (C=O) groups is 2. The van der Waals surface area contributed by atoms with Gasteiger partial charge in [-0.25, -0.2) is 9.78 Å². The third-order valence-corrected chi connectivity index (χ3v) is 4.74. The molecule has 0 saturated carbocycles. The van der Waals surface area contributed by atoms with E-state index in [0.717, 1.165) is 0 Å². The normalized spacial score (nSPS) is 19.4. The zero-order valence-electron chi connectivity index (χ0n) is 16.1. The third-order valence-electron chi connectivity index (χ3n) is 4.74. The molecule has 0 aliphatic carbocycles. The molecule has 0 unspecified atom stereocenters. The van der Waals surface area contributed by atoms with Crippen LogP contribution < -0.4 is 10.2 Å². The number of aromatic nitrogens is 2. The average molecular weight is 388 g/mol. The van der Waals surface area contributed by atoms with E-state index in [1.807, 2.05) is 4.90 Å². The topological polar surface area (TPSA) is 118 Å². The predicted octanol–water partition coefficient (Wildman–Crippen LogP) is 1.23. The first-order valence-electron chi connectivity index (χ1n) is 9.20. The van der Waals surface area contributed by atoms with Crippen LogP contribution in [0.25, 0.3) is 0 Å². The molecule has 2 N–H and O–H groups in total. The molecule has 28 heavy (non-hydrogen) atoms. The van der Waals surface area contributed by atoms with Crippen molar-refractivity contribution >= 4 is 17.7 Å². The van der Waals surface area contributed by atoms with Gasteiger partial charge in [0.2, 0.25) is 0 Å². The van der Waals surface area contributed by atoms with E-state index in [2.05, 4.69) is 15.5 Å². The number of carbonyl (C=O) groups excluding carboxylic acids is 2. The molecule has 0 radical (unpaired) electrons. The Bertz CT molecular complexity index is 829. The molecular formula is C19H24N4O5. The van der Waals surface area contributed by atoms with Crippen LogP contribution in [-0.4, -0.2) is 59.0 Å². The fraction of sp³-hybridized carbons (Fsp3) is 0.474. The van der Waals surface area contributed by atoms with E-state index < -0.39 is 18.1 Å². The van der Waals surface area contributed by atoms with E-state index in [9.17, 15) is 14.7 Å². The number of hydrogen-bond acceptors (Lipinski definition) is 8. The molecule has 1 fully saturated rings. The maximum atomic E-state index is 12.6. The van der Waals surface area contributed by atoms with Crippen LogP contribution in [0.3, 0.4) is 0 Å². The Labute approximate surface area is 162 Å². The molecule has 1 saturated heterocycles. The summed E-state index contributed by atoms with van der Waals surface area (Å²) >= 11 is 0. The van der Waals surface area contributed by atoms with Crippen molar-refractivity contribution in [2.24, 2.45) is 0 Å². The van der Waals surface area contributed by atoms with Crippen LogP contribution >= 0.6 is 0 Å². The van der Waals surface area contributed by atoms with Crippen LogP contribution in [0.1, 0.15) is 45.5 Å². The van der Waals surface area contributed by atoms with Gasteiger partial charge < -0.3 is 24.6 Å². The summed E-state index contributed by atoms with van der Waals surface area (Å²) in [6, 6.07) is 2.92. The summed E-state index contributed by atoms with van der Waals surface area (Å²) in [7, 11) is 0. The highest BCUT2D eigenvalue weighted by Gasteiger charge is 2.31. The van der Waals surface area contributed by atoms with Crippen molar-refractivity contribution < 1.29 is 24.0 Å². The maximum Gasteiger partial charge on any atom is 0.339 e. The second-order valence-electron chi connectivity index (χ2n) is 6.71. The fourth-order valence-corrected chi connectivity index (χ4v) is 3.25. The number of aliphatic hydroxyl groups is 1. The SMILES string of the molecule is CCOC(=O)c1ccc(N2CC[C@H](O)[C@H](NC(=O)c3c(C)noc3C)C2)nc1. The molecule has 2 atom stereocenters. The molecule has 0 bridgehead atoms. The number of aliphatic hydroxyl groups excluding tert-OH is 1. The van der Waals surface area contributed by atoms with Crippen molar-refractivity contribution in [1.29, 1.82) is 0 Å². The second-order valence-corrected chi connectivity index (χ2v) is 6.71. The monoisotopic (exact) mass is 388 g/mol. The molecule has 1 amide bonds. The van der Waals surface area contributed by atoms with Crippen molar-refractivity contribution in [3.05, 3.63) is 40.9 Å². The van der Waals surface area contributed by atoms with E-state index in [1.165, 1.54) is 6.20 Å². The molecule has 3 rings (SSSR count). The number of amides is 1. The predicted molar refractivity (Wildman–Crippen MR) is 100 cm³/mol. The first kappa shape index (κ1) is 19.8. The lowest BCUT2D eigenvalue weighted by molar-refractivity contribution is 0.0525. The van der Waals surface area contributed by atoms with Crippen molar-refractivity contribution in [2.75, 3.05) is 24.6 Å². The molecule has 2 aromatic heterocycles. The molecule has 9 nitrogen and oxygen atoms in total. The van der Waals surface area contributed by atoms with Crippen molar-refractivity contribution in [3.63, 3.8) is 0 Å². The average Bonchev–Trinajstić information content (AvgIpc) is 3.02. The van der Waals surface area contributed by atoms with Gasteiger partial charge in [-0.2, -0.15) is 0 Å². The molecule has 1 aliphatic rings. The molecule has 0 spiro atoms. The number of nitrogens with zero attached hydrogens (tertiary/aromatic N) is 3. The summed E-state index contributed by atoms with van der Waals surface area (Å²) in [6.45, 7) is 6.40. The lowest BCUT2D eigenvalue weighted by atomic mass is 10.0. The highest BCUT2D eigenvalue weighted by Crippen LogP contribution is 2.20. The van der Waals surface area contributed by atoms with Crippen molar-refractivity contribution in [1.82, 2.24) is 15.5 Å². The quantitative estimate of drug-likeness (QED) is 0.735. The number of rotatable bonds is 5. The molecule has 2 aromatic rings. The Morgan fingerprint density at radius 2 is 2.18 bits per heavy atom. The number of hydrogen-bond donors (Lipinski definition) is 2. The summed E-state index contributed by atoms with van der Waals surface area (Å²) in [5.74, 6) is 0.359. The highest BCUT2D eigenvalue weighted by molar-refractivity contribution is 5.96. The Hall–Kier alpha value is -2.94. The fourth-order valence-electron chi connectivity index (χ4n) is 3.25. The summed E-state index contributed by atoms with van der Waals surface area (Å²) in [4.78, 5) is 30.6. The molecule has 0 aromatic carbocycles. The van der Waals surface area contributed by atoms with Crippen LogP contribution in [0.15, 0.2) is 22.9 Å². The van der Waals surface area contributed by atoms with E-state index in [4.69, 9.17) is 9.26 Å². The van der Waals surface area contributed by atoms with E-state index in [0.29, 0.717) is 54.5 Å². The van der Waals surface area contributed by atoms with E-state index in [1.54, 1.807) is 32.9 Å². The molecule has 3 heterocycles. The Balaban J connectivity index is 1.69. The third kappa shape index (κ3) is 4.14. The van der Waals surface area contributed by atoms with Crippen molar-refractivity contribution in [3.8, 4) is 0 Å². The molecule has 150 valence electrons. The molecular weight excluding hydrogens is 364 g/mol. The minimum absolute atomic E-state index is 0.303. The van der Waals surface area contributed by atoms with Gasteiger partial charge in [0, 0.05) is 19.3 Å². The lowest BCUT2D eigenvalue weighted by Crippen LogP contribution is -2.55. The summed E-state index contributed by atoms with van der Waals surface area (Å²) in [6.07, 6.45) is 1.28. The number of piperidine rings is 1. The summed E-state index contributed by atoms with van der Waals surface area (Å²) in [5, 5.41) is 17.0. The number of pyridine rings is 1. The lowest BCUT2D eigenvalue weighted by Gasteiger charge is -2.37. The Morgan fingerprint density at radius 3 is 2.79 bits per heavy atom. The van der Waals surface area contributed by atoms with E-state index >= 15 is 0 Å². The van der Waals surface area contributed by atoms with Gasteiger partial charge in [0.1, 0.15) is 17.1 Å². The molecule has 9 heteroatoms. The first-order chi connectivity index (χ1) is 13.4. The Morgan fingerprint density at radius 1 is 1.39 bits per heavy atom. The zero-order chi connectivity index (χ0) is 20.3. The standard InChI is InChI=1S/C19H24N4O5/c1-4-27-19(26)13-5-6-16(20-9-13)23-8-7-15(24)14(10-23)21-18(25)17-11(2)22-28-12(17)3/h5-6,9,14-15,24H,4,7-8,10H2,1-3H3,(H,21,25)/t14-,15+/m1/s1. The Kier molecular flexibility index (Phi) is 5.93. The van der Waals surface area contributed by atoms with Crippen molar-refractivity contribution in [2.45, 2.75) is 39.3 Å². The highest BCUT2D eigenvalue weighted by atomic mass is 16.5. The van der Waals surface area contributed by atoms with Crippen LogP contribution in [0.2, 0.25) is 0 Å². The first-order valence-corrected chi connectivity index (χ1v) is 9.20. The smallest absolute Gasteiger partial charge is 0.339 e. The van der Waals surface area contributed by atoms with Gasteiger partial charge in [0.05, 0.1) is 30.0 Å². The second kappa shape index (κ2) is 8.39.